The number of aromatic amines is 1. The second-order valence-corrected chi connectivity index (χ2v) is 2.70. The van der Waals surface area contributed by atoms with E-state index in [1.807, 2.05) is 30.3 Å². The SMILES string of the molecule is COc1cccc(-c2ccn[nH]2)c1.Cl. The Kier molecular flexibility index (Phi) is 3.54. The van der Waals surface area contributed by atoms with Gasteiger partial charge in [-0.3, -0.25) is 5.10 Å². The van der Waals surface area contributed by atoms with Crippen molar-refractivity contribution in [3.63, 3.8) is 0 Å². The third-order valence-electron chi connectivity index (χ3n) is 1.88. The largest absolute Gasteiger partial charge is 0.497 e. The van der Waals surface area contributed by atoms with E-state index in [-0.39, 0.29) is 12.4 Å². The molecule has 0 saturated carbocycles. The number of rotatable bonds is 2. The van der Waals surface area contributed by atoms with Gasteiger partial charge < -0.3 is 4.74 Å². The number of halogens is 1. The number of hydrogen-bond acceptors (Lipinski definition) is 2. The molecule has 2 aromatic rings. The van der Waals surface area contributed by atoms with Crippen LogP contribution in [0.5, 0.6) is 5.75 Å². The van der Waals surface area contributed by atoms with Gasteiger partial charge in [-0.15, -0.1) is 12.4 Å². The highest BCUT2D eigenvalue weighted by molar-refractivity contribution is 5.85. The molecule has 1 heterocycles. The summed E-state index contributed by atoms with van der Waals surface area (Å²) in [6.45, 7) is 0. The molecule has 74 valence electrons. The third kappa shape index (κ3) is 2.06. The number of methoxy groups -OCH3 is 1. The molecule has 1 aromatic carbocycles. The van der Waals surface area contributed by atoms with E-state index < -0.39 is 0 Å². The lowest BCUT2D eigenvalue weighted by atomic mass is 10.1. The van der Waals surface area contributed by atoms with Crippen LogP contribution in [0.15, 0.2) is 36.5 Å². The van der Waals surface area contributed by atoms with Crippen LogP contribution in [-0.4, -0.2) is 17.3 Å². The lowest BCUT2D eigenvalue weighted by molar-refractivity contribution is 0.415. The standard InChI is InChI=1S/C10H10N2O.ClH/c1-13-9-4-2-3-8(7-9)10-5-6-11-12-10;/h2-7H,1H3,(H,11,12);1H. The second-order valence-electron chi connectivity index (χ2n) is 2.70. The summed E-state index contributed by atoms with van der Waals surface area (Å²) >= 11 is 0. The summed E-state index contributed by atoms with van der Waals surface area (Å²) in [5.74, 6) is 0.854. The van der Waals surface area contributed by atoms with Gasteiger partial charge in [0.1, 0.15) is 5.75 Å². The number of aromatic nitrogens is 2. The summed E-state index contributed by atoms with van der Waals surface area (Å²) in [6.07, 6.45) is 1.73. The smallest absolute Gasteiger partial charge is 0.119 e. The second kappa shape index (κ2) is 4.67. The van der Waals surface area contributed by atoms with Crippen molar-refractivity contribution in [2.45, 2.75) is 0 Å². The van der Waals surface area contributed by atoms with Crippen LogP contribution >= 0.6 is 12.4 Å². The fourth-order valence-corrected chi connectivity index (χ4v) is 1.21. The maximum Gasteiger partial charge on any atom is 0.119 e. The van der Waals surface area contributed by atoms with Crippen LogP contribution in [0.3, 0.4) is 0 Å². The molecule has 0 saturated heterocycles. The van der Waals surface area contributed by atoms with Gasteiger partial charge in [0.25, 0.3) is 0 Å². The number of nitrogens with zero attached hydrogens (tertiary/aromatic N) is 1. The monoisotopic (exact) mass is 210 g/mol. The van der Waals surface area contributed by atoms with Crippen LogP contribution < -0.4 is 4.74 Å². The van der Waals surface area contributed by atoms with Crippen LogP contribution in [0.25, 0.3) is 11.3 Å². The van der Waals surface area contributed by atoms with Crippen molar-refractivity contribution in [3.8, 4) is 17.0 Å². The first-order chi connectivity index (χ1) is 6.40. The van der Waals surface area contributed by atoms with Gasteiger partial charge in [-0.05, 0) is 18.2 Å². The van der Waals surface area contributed by atoms with Gasteiger partial charge in [0, 0.05) is 11.8 Å². The van der Waals surface area contributed by atoms with E-state index in [9.17, 15) is 0 Å². The Hall–Kier alpha value is -1.48. The van der Waals surface area contributed by atoms with Crippen molar-refractivity contribution in [2.75, 3.05) is 7.11 Å². The van der Waals surface area contributed by atoms with E-state index in [0.29, 0.717) is 0 Å². The molecule has 0 spiro atoms. The zero-order valence-corrected chi connectivity index (χ0v) is 8.54. The molecule has 0 aliphatic heterocycles. The average Bonchev–Trinajstić information content (AvgIpc) is 2.71. The van der Waals surface area contributed by atoms with Crippen molar-refractivity contribution in [2.24, 2.45) is 0 Å². The molecule has 14 heavy (non-hydrogen) atoms. The van der Waals surface area contributed by atoms with Gasteiger partial charge >= 0.3 is 0 Å². The first-order valence-electron chi connectivity index (χ1n) is 4.04. The van der Waals surface area contributed by atoms with E-state index in [2.05, 4.69) is 10.2 Å². The predicted molar refractivity (Wildman–Crippen MR) is 57.8 cm³/mol. The van der Waals surface area contributed by atoms with Gasteiger partial charge in [-0.2, -0.15) is 5.10 Å². The molecule has 0 unspecified atom stereocenters. The summed E-state index contributed by atoms with van der Waals surface area (Å²) in [7, 11) is 1.66. The van der Waals surface area contributed by atoms with Gasteiger partial charge in [0.15, 0.2) is 0 Å². The van der Waals surface area contributed by atoms with Gasteiger partial charge in [-0.25, -0.2) is 0 Å². The Morgan fingerprint density at radius 3 is 2.79 bits per heavy atom. The molecule has 0 bridgehead atoms. The lowest BCUT2D eigenvalue weighted by Gasteiger charge is -2.01. The van der Waals surface area contributed by atoms with E-state index in [1.54, 1.807) is 13.3 Å². The minimum absolute atomic E-state index is 0. The fourth-order valence-electron chi connectivity index (χ4n) is 1.21. The maximum atomic E-state index is 5.12. The normalized spacial score (nSPS) is 9.21. The van der Waals surface area contributed by atoms with Crippen molar-refractivity contribution in [1.29, 1.82) is 0 Å². The lowest BCUT2D eigenvalue weighted by Crippen LogP contribution is -1.83. The first-order valence-corrected chi connectivity index (χ1v) is 4.04. The first kappa shape index (κ1) is 10.6. The van der Waals surface area contributed by atoms with Crippen LogP contribution in [0.4, 0.5) is 0 Å². The summed E-state index contributed by atoms with van der Waals surface area (Å²) in [6, 6.07) is 9.77. The Bertz CT molecular complexity index is 387. The highest BCUT2D eigenvalue weighted by atomic mass is 35.5. The molecule has 2 rings (SSSR count). The molecule has 1 N–H and O–H groups in total. The summed E-state index contributed by atoms with van der Waals surface area (Å²) in [5, 5.41) is 6.79. The van der Waals surface area contributed by atoms with Crippen LogP contribution in [0.1, 0.15) is 0 Å². The zero-order chi connectivity index (χ0) is 9.10. The molecule has 3 nitrogen and oxygen atoms in total. The molecular formula is C10H11ClN2O. The Morgan fingerprint density at radius 1 is 1.29 bits per heavy atom. The number of ether oxygens (including phenoxy) is 1. The number of hydrogen-bond donors (Lipinski definition) is 1. The van der Waals surface area contributed by atoms with Gasteiger partial charge in [0.2, 0.25) is 0 Å². The van der Waals surface area contributed by atoms with Crippen molar-refractivity contribution in [1.82, 2.24) is 10.2 Å². The van der Waals surface area contributed by atoms with E-state index in [4.69, 9.17) is 4.74 Å². The van der Waals surface area contributed by atoms with Gasteiger partial charge in [-0.1, -0.05) is 12.1 Å². The van der Waals surface area contributed by atoms with E-state index >= 15 is 0 Å². The molecule has 4 heteroatoms. The molecule has 0 fully saturated rings. The topological polar surface area (TPSA) is 37.9 Å². The summed E-state index contributed by atoms with van der Waals surface area (Å²) in [4.78, 5) is 0. The molecule has 1 aromatic heterocycles. The summed E-state index contributed by atoms with van der Waals surface area (Å²) in [5.41, 5.74) is 2.08. The molecule has 0 amide bonds. The van der Waals surface area contributed by atoms with Crippen molar-refractivity contribution in [3.05, 3.63) is 36.5 Å². The van der Waals surface area contributed by atoms with Crippen molar-refractivity contribution >= 4 is 12.4 Å². The van der Waals surface area contributed by atoms with Gasteiger partial charge in [0.05, 0.1) is 12.8 Å². The predicted octanol–water partition coefficient (Wildman–Crippen LogP) is 2.51. The molecule has 0 aliphatic carbocycles. The number of H-pyrrole nitrogens is 1. The zero-order valence-electron chi connectivity index (χ0n) is 7.73. The Labute approximate surface area is 88.5 Å². The van der Waals surface area contributed by atoms with E-state index in [0.717, 1.165) is 17.0 Å². The minimum Gasteiger partial charge on any atom is -0.497 e. The molecule has 0 aliphatic rings. The molecule has 0 atom stereocenters. The highest BCUT2D eigenvalue weighted by Gasteiger charge is 1.99. The van der Waals surface area contributed by atoms with Crippen LogP contribution in [0.2, 0.25) is 0 Å². The molecular weight excluding hydrogens is 200 g/mol. The number of nitrogens with one attached hydrogen (secondary N) is 1. The number of benzene rings is 1. The van der Waals surface area contributed by atoms with E-state index in [1.165, 1.54) is 0 Å². The fraction of sp³-hybridized carbons (Fsp3) is 0.100. The van der Waals surface area contributed by atoms with Crippen molar-refractivity contribution < 1.29 is 4.74 Å². The average molecular weight is 211 g/mol. The molecule has 0 radical (unpaired) electrons. The summed E-state index contributed by atoms with van der Waals surface area (Å²) < 4.78 is 5.12. The van der Waals surface area contributed by atoms with Crippen LogP contribution in [-0.2, 0) is 0 Å². The Balaban J connectivity index is 0.000000980. The van der Waals surface area contributed by atoms with Crippen LogP contribution in [0, 0.1) is 0 Å². The minimum atomic E-state index is 0. The quantitative estimate of drug-likeness (QED) is 0.827. The third-order valence-corrected chi connectivity index (χ3v) is 1.88. The highest BCUT2D eigenvalue weighted by Crippen LogP contribution is 2.21. The Morgan fingerprint density at radius 2 is 2.14 bits per heavy atom. The maximum absolute atomic E-state index is 5.12.